The van der Waals surface area contributed by atoms with Crippen molar-refractivity contribution in [2.45, 2.75) is 38.6 Å². The van der Waals surface area contributed by atoms with Gasteiger partial charge >= 0.3 is 0 Å². The second-order valence-corrected chi connectivity index (χ2v) is 6.74. The molecular formula is C21H26N2O3. The number of likely N-dealkylation sites (tertiary alicyclic amines) is 1. The lowest BCUT2D eigenvalue weighted by Crippen LogP contribution is -2.35. The van der Waals surface area contributed by atoms with Crippen molar-refractivity contribution in [1.82, 2.24) is 9.88 Å². The van der Waals surface area contributed by atoms with E-state index in [9.17, 15) is 4.79 Å². The van der Waals surface area contributed by atoms with Crippen LogP contribution in [0, 0.1) is 6.92 Å². The van der Waals surface area contributed by atoms with Crippen LogP contribution in [0.5, 0.6) is 11.5 Å². The lowest BCUT2D eigenvalue weighted by molar-refractivity contribution is 0.0730. The average molecular weight is 354 g/mol. The number of ether oxygens (including phenoxy) is 2. The first-order valence-electron chi connectivity index (χ1n) is 9.06. The molecule has 1 fully saturated rings. The SMILES string of the molecule is COc1cc(OC)cc(C(=O)N2CCCC2CCc2ccnc(C)c2)c1. The van der Waals surface area contributed by atoms with Gasteiger partial charge in [0.15, 0.2) is 0 Å². The van der Waals surface area contributed by atoms with Gasteiger partial charge in [-0.15, -0.1) is 0 Å². The highest BCUT2D eigenvalue weighted by atomic mass is 16.5. The van der Waals surface area contributed by atoms with Crippen LogP contribution in [0.4, 0.5) is 0 Å². The van der Waals surface area contributed by atoms with Gasteiger partial charge in [-0.3, -0.25) is 9.78 Å². The Morgan fingerprint density at radius 1 is 1.19 bits per heavy atom. The molecule has 26 heavy (non-hydrogen) atoms. The van der Waals surface area contributed by atoms with Crippen molar-refractivity contribution in [3.63, 3.8) is 0 Å². The average Bonchev–Trinajstić information content (AvgIpc) is 3.14. The van der Waals surface area contributed by atoms with Crippen LogP contribution in [0.25, 0.3) is 0 Å². The summed E-state index contributed by atoms with van der Waals surface area (Å²) in [5.41, 5.74) is 2.93. The zero-order valence-corrected chi connectivity index (χ0v) is 15.7. The van der Waals surface area contributed by atoms with E-state index in [4.69, 9.17) is 9.47 Å². The summed E-state index contributed by atoms with van der Waals surface area (Å²) in [5.74, 6) is 1.32. The summed E-state index contributed by atoms with van der Waals surface area (Å²) in [6.07, 6.45) is 5.88. The Morgan fingerprint density at radius 3 is 2.58 bits per heavy atom. The minimum Gasteiger partial charge on any atom is -0.497 e. The molecule has 1 aromatic heterocycles. The van der Waals surface area contributed by atoms with Crippen LogP contribution in [0.3, 0.4) is 0 Å². The molecular weight excluding hydrogens is 328 g/mol. The van der Waals surface area contributed by atoms with Gasteiger partial charge in [-0.1, -0.05) is 0 Å². The van der Waals surface area contributed by atoms with Gasteiger partial charge in [-0.25, -0.2) is 0 Å². The highest BCUT2D eigenvalue weighted by molar-refractivity contribution is 5.95. The van der Waals surface area contributed by atoms with E-state index in [1.165, 1.54) is 5.56 Å². The van der Waals surface area contributed by atoms with Crippen molar-refractivity contribution >= 4 is 5.91 Å². The number of benzene rings is 1. The molecule has 5 heteroatoms. The fraction of sp³-hybridized carbons (Fsp3) is 0.429. The summed E-state index contributed by atoms with van der Waals surface area (Å²) >= 11 is 0. The van der Waals surface area contributed by atoms with E-state index in [1.54, 1.807) is 32.4 Å². The maximum absolute atomic E-state index is 13.1. The van der Waals surface area contributed by atoms with Crippen molar-refractivity contribution in [3.05, 3.63) is 53.3 Å². The third-order valence-electron chi connectivity index (χ3n) is 4.96. The number of pyridine rings is 1. The van der Waals surface area contributed by atoms with E-state index in [0.29, 0.717) is 17.1 Å². The van der Waals surface area contributed by atoms with Crippen molar-refractivity contribution < 1.29 is 14.3 Å². The molecule has 1 aliphatic rings. The number of methoxy groups -OCH3 is 2. The molecule has 1 saturated heterocycles. The summed E-state index contributed by atoms with van der Waals surface area (Å²) < 4.78 is 10.6. The number of hydrogen-bond acceptors (Lipinski definition) is 4. The minimum atomic E-state index is 0.0515. The maximum atomic E-state index is 13.1. The predicted molar refractivity (Wildman–Crippen MR) is 101 cm³/mol. The summed E-state index contributed by atoms with van der Waals surface area (Å²) in [4.78, 5) is 19.3. The van der Waals surface area contributed by atoms with E-state index >= 15 is 0 Å². The fourth-order valence-electron chi connectivity index (χ4n) is 3.59. The van der Waals surface area contributed by atoms with Crippen LogP contribution >= 0.6 is 0 Å². The molecule has 3 rings (SSSR count). The van der Waals surface area contributed by atoms with Crippen LogP contribution in [0.1, 0.15) is 40.9 Å². The van der Waals surface area contributed by atoms with Crippen molar-refractivity contribution in [1.29, 1.82) is 0 Å². The lowest BCUT2D eigenvalue weighted by Gasteiger charge is -2.25. The number of rotatable bonds is 6. The summed E-state index contributed by atoms with van der Waals surface area (Å²) in [6.45, 7) is 2.81. The zero-order chi connectivity index (χ0) is 18.5. The third kappa shape index (κ3) is 4.15. The highest BCUT2D eigenvalue weighted by Gasteiger charge is 2.29. The smallest absolute Gasteiger partial charge is 0.254 e. The molecule has 1 amide bonds. The number of amides is 1. The zero-order valence-electron chi connectivity index (χ0n) is 15.7. The summed E-state index contributed by atoms with van der Waals surface area (Å²) in [6, 6.07) is 9.80. The molecule has 0 N–H and O–H groups in total. The largest absolute Gasteiger partial charge is 0.497 e. The topological polar surface area (TPSA) is 51.7 Å². The first kappa shape index (κ1) is 18.2. The Balaban J connectivity index is 1.72. The van der Waals surface area contributed by atoms with Gasteiger partial charge in [0.25, 0.3) is 5.91 Å². The quantitative estimate of drug-likeness (QED) is 0.795. The molecule has 1 aromatic carbocycles. The number of hydrogen-bond donors (Lipinski definition) is 0. The highest BCUT2D eigenvalue weighted by Crippen LogP contribution is 2.28. The second kappa shape index (κ2) is 8.21. The number of carbonyl (C=O) groups is 1. The Bertz CT molecular complexity index is 753. The van der Waals surface area contributed by atoms with E-state index < -0.39 is 0 Å². The van der Waals surface area contributed by atoms with Crippen molar-refractivity contribution in [2.24, 2.45) is 0 Å². The molecule has 138 valence electrons. The minimum absolute atomic E-state index is 0.0515. The monoisotopic (exact) mass is 354 g/mol. The predicted octanol–water partition coefficient (Wildman–Crippen LogP) is 3.64. The van der Waals surface area contributed by atoms with Gasteiger partial charge in [0.2, 0.25) is 0 Å². The van der Waals surface area contributed by atoms with Crippen LogP contribution in [-0.4, -0.2) is 42.6 Å². The molecule has 0 aliphatic carbocycles. The molecule has 5 nitrogen and oxygen atoms in total. The van der Waals surface area contributed by atoms with Crippen molar-refractivity contribution in [2.75, 3.05) is 20.8 Å². The molecule has 0 bridgehead atoms. The van der Waals surface area contributed by atoms with Gasteiger partial charge in [-0.2, -0.15) is 0 Å². The molecule has 1 unspecified atom stereocenters. The van der Waals surface area contributed by atoms with Crippen molar-refractivity contribution in [3.8, 4) is 11.5 Å². The first-order chi connectivity index (χ1) is 12.6. The standard InChI is InChI=1S/C21H26N2O3/c1-15-11-16(8-9-22-15)6-7-18-5-4-10-23(18)21(24)17-12-19(25-2)14-20(13-17)26-3/h8-9,11-14,18H,4-7,10H2,1-3H3. The maximum Gasteiger partial charge on any atom is 0.254 e. The molecule has 0 spiro atoms. The van der Waals surface area contributed by atoms with E-state index in [2.05, 4.69) is 17.1 Å². The third-order valence-corrected chi connectivity index (χ3v) is 4.96. The number of aryl methyl sites for hydroxylation is 2. The van der Waals surface area contributed by atoms with Gasteiger partial charge < -0.3 is 14.4 Å². The van der Waals surface area contributed by atoms with Crippen LogP contribution < -0.4 is 9.47 Å². The fourth-order valence-corrected chi connectivity index (χ4v) is 3.59. The molecule has 2 aromatic rings. The van der Waals surface area contributed by atoms with Gasteiger partial charge in [0.05, 0.1) is 14.2 Å². The van der Waals surface area contributed by atoms with Gasteiger partial charge in [-0.05, 0) is 62.4 Å². The molecule has 1 atom stereocenters. The summed E-state index contributed by atoms with van der Waals surface area (Å²) in [7, 11) is 3.19. The Labute approximate surface area is 155 Å². The molecule has 0 saturated carbocycles. The molecule has 2 heterocycles. The number of carbonyl (C=O) groups excluding carboxylic acids is 1. The van der Waals surface area contributed by atoms with E-state index in [-0.39, 0.29) is 11.9 Å². The molecule has 0 radical (unpaired) electrons. The van der Waals surface area contributed by atoms with E-state index in [0.717, 1.165) is 37.9 Å². The van der Waals surface area contributed by atoms with E-state index in [1.807, 2.05) is 18.0 Å². The van der Waals surface area contributed by atoms with Crippen LogP contribution in [0.2, 0.25) is 0 Å². The van der Waals surface area contributed by atoms with Crippen LogP contribution in [-0.2, 0) is 6.42 Å². The Morgan fingerprint density at radius 2 is 1.92 bits per heavy atom. The second-order valence-electron chi connectivity index (χ2n) is 6.74. The molecule has 1 aliphatic heterocycles. The number of aromatic nitrogens is 1. The first-order valence-corrected chi connectivity index (χ1v) is 9.06. The lowest BCUT2D eigenvalue weighted by atomic mass is 10.0. The number of nitrogens with zero attached hydrogens (tertiary/aromatic N) is 2. The van der Waals surface area contributed by atoms with Gasteiger partial charge in [0, 0.05) is 36.1 Å². The Hall–Kier alpha value is -2.56. The summed E-state index contributed by atoms with van der Waals surface area (Å²) in [5, 5.41) is 0. The Kier molecular flexibility index (Phi) is 5.76. The normalized spacial score (nSPS) is 16.6. The van der Waals surface area contributed by atoms with Gasteiger partial charge in [0.1, 0.15) is 11.5 Å². The van der Waals surface area contributed by atoms with Crippen LogP contribution in [0.15, 0.2) is 36.5 Å².